The molecule has 1 aliphatic rings. The lowest BCUT2D eigenvalue weighted by Gasteiger charge is -2.22. The van der Waals surface area contributed by atoms with Crippen LogP contribution in [0.2, 0.25) is 0 Å². The Morgan fingerprint density at radius 3 is 2.71 bits per heavy atom. The Morgan fingerprint density at radius 1 is 1.24 bits per heavy atom. The molecule has 0 radical (unpaired) electrons. The number of nitrogens with zero attached hydrogens (tertiary/aromatic N) is 3. The van der Waals surface area contributed by atoms with Crippen molar-refractivity contribution in [3.8, 4) is 5.75 Å². The number of hydrogen-bond donors (Lipinski definition) is 1. The van der Waals surface area contributed by atoms with E-state index in [2.05, 4.69) is 9.97 Å². The Labute approximate surface area is 199 Å². The highest BCUT2D eigenvalue weighted by molar-refractivity contribution is 7.17. The van der Waals surface area contributed by atoms with Crippen molar-refractivity contribution in [2.75, 3.05) is 18.6 Å². The van der Waals surface area contributed by atoms with Gasteiger partial charge >= 0.3 is 11.9 Å². The molecule has 1 amide bonds. The van der Waals surface area contributed by atoms with Crippen molar-refractivity contribution < 1.29 is 29.0 Å². The van der Waals surface area contributed by atoms with E-state index in [1.54, 1.807) is 49.5 Å². The van der Waals surface area contributed by atoms with Crippen molar-refractivity contribution in [2.45, 2.75) is 19.9 Å². The number of Topliss-reactive ketones (excluding diaryl/α,β-unsaturated/α-hetero) is 1. The number of esters is 1. The smallest absolute Gasteiger partial charge is 0.350 e. The molecule has 3 heterocycles. The number of amides is 1. The number of ether oxygens (including phenoxy) is 2. The Kier molecular flexibility index (Phi) is 6.42. The van der Waals surface area contributed by atoms with E-state index in [4.69, 9.17) is 9.47 Å². The molecule has 1 unspecified atom stereocenters. The van der Waals surface area contributed by atoms with Crippen molar-refractivity contribution in [1.82, 2.24) is 9.97 Å². The van der Waals surface area contributed by atoms with E-state index in [1.165, 1.54) is 18.2 Å². The second-order valence-corrected chi connectivity index (χ2v) is 8.30. The molecule has 0 aliphatic carbocycles. The van der Waals surface area contributed by atoms with Crippen LogP contribution in [0.15, 0.2) is 54.4 Å². The van der Waals surface area contributed by atoms with Gasteiger partial charge in [0.15, 0.2) is 5.13 Å². The van der Waals surface area contributed by atoms with Gasteiger partial charge in [0.05, 0.1) is 31.0 Å². The number of hydrogen-bond acceptors (Lipinski definition) is 9. The number of methoxy groups -OCH3 is 1. The molecule has 34 heavy (non-hydrogen) atoms. The molecule has 4 rings (SSSR count). The number of rotatable bonds is 6. The van der Waals surface area contributed by atoms with Crippen LogP contribution in [-0.4, -0.2) is 46.5 Å². The van der Waals surface area contributed by atoms with Crippen molar-refractivity contribution in [2.24, 2.45) is 0 Å². The first kappa shape index (κ1) is 23.1. The van der Waals surface area contributed by atoms with Crippen LogP contribution in [0.25, 0.3) is 5.76 Å². The molecular formula is C24H21N3O6S. The van der Waals surface area contributed by atoms with E-state index in [0.29, 0.717) is 29.2 Å². The maximum absolute atomic E-state index is 13.2. The standard InChI is InChI=1S/C24H21N3O6S/c1-4-33-16-9-5-7-14(11-16)19(28)17-18(15-8-6-10-25-12-15)27(22(30)20(17)29)24-26-13(2)21(34-24)23(31)32-3/h5-12,18,28H,4H2,1-3H3/b19-17+. The molecule has 0 bridgehead atoms. The highest BCUT2D eigenvalue weighted by Crippen LogP contribution is 2.43. The molecule has 1 fully saturated rings. The molecule has 2 aromatic heterocycles. The number of aryl methyl sites for hydroxylation is 1. The summed E-state index contributed by atoms with van der Waals surface area (Å²) in [6, 6.07) is 8.98. The molecule has 1 aromatic carbocycles. The minimum Gasteiger partial charge on any atom is -0.507 e. The number of benzene rings is 1. The van der Waals surface area contributed by atoms with Crippen molar-refractivity contribution in [3.63, 3.8) is 0 Å². The van der Waals surface area contributed by atoms with E-state index in [0.717, 1.165) is 11.3 Å². The highest BCUT2D eigenvalue weighted by atomic mass is 32.1. The molecule has 9 nitrogen and oxygen atoms in total. The lowest BCUT2D eigenvalue weighted by Crippen LogP contribution is -2.29. The monoisotopic (exact) mass is 479 g/mol. The Balaban J connectivity index is 1.90. The Morgan fingerprint density at radius 2 is 2.03 bits per heavy atom. The zero-order valence-corrected chi connectivity index (χ0v) is 19.5. The van der Waals surface area contributed by atoms with Gasteiger partial charge in [-0.1, -0.05) is 29.5 Å². The largest absolute Gasteiger partial charge is 0.507 e. The minimum absolute atomic E-state index is 0.112. The van der Waals surface area contributed by atoms with Crippen LogP contribution >= 0.6 is 11.3 Å². The summed E-state index contributed by atoms with van der Waals surface area (Å²) in [5.74, 6) is -2.18. The zero-order valence-electron chi connectivity index (χ0n) is 18.6. The van der Waals surface area contributed by atoms with Crippen LogP contribution in [0, 0.1) is 6.92 Å². The summed E-state index contributed by atoms with van der Waals surface area (Å²) in [5, 5.41) is 11.3. The number of thiazole rings is 1. The molecular weight excluding hydrogens is 458 g/mol. The van der Waals surface area contributed by atoms with Gasteiger partial charge in [0.25, 0.3) is 5.78 Å². The number of pyridine rings is 1. The van der Waals surface area contributed by atoms with E-state index in [1.807, 2.05) is 6.92 Å². The van der Waals surface area contributed by atoms with E-state index >= 15 is 0 Å². The summed E-state index contributed by atoms with van der Waals surface area (Å²) < 4.78 is 10.3. The predicted molar refractivity (Wildman–Crippen MR) is 125 cm³/mol. The van der Waals surface area contributed by atoms with E-state index in [9.17, 15) is 19.5 Å². The Hall–Kier alpha value is -4.05. The van der Waals surface area contributed by atoms with Crippen LogP contribution < -0.4 is 9.64 Å². The SMILES string of the molecule is CCOc1cccc(/C(O)=C2\C(=O)C(=O)N(c3nc(C)c(C(=O)OC)s3)C2c2cccnc2)c1. The van der Waals surface area contributed by atoms with Crippen molar-refractivity contribution >= 4 is 39.9 Å². The quantitative estimate of drug-likeness (QED) is 0.246. The van der Waals surface area contributed by atoms with Gasteiger partial charge < -0.3 is 14.6 Å². The second-order valence-electron chi connectivity index (χ2n) is 7.32. The normalized spacial score (nSPS) is 17.1. The van der Waals surface area contributed by atoms with Crippen LogP contribution in [-0.2, 0) is 14.3 Å². The highest BCUT2D eigenvalue weighted by Gasteiger charge is 2.48. The Bertz CT molecular complexity index is 1300. The minimum atomic E-state index is -1.000. The number of aliphatic hydroxyl groups is 1. The van der Waals surface area contributed by atoms with Crippen LogP contribution in [0.1, 0.15) is 39.5 Å². The molecule has 1 N–H and O–H groups in total. The molecule has 3 aromatic rings. The fraction of sp³-hybridized carbons (Fsp3) is 0.208. The number of aromatic nitrogens is 2. The van der Waals surface area contributed by atoms with Crippen molar-refractivity contribution in [3.05, 3.63) is 76.1 Å². The number of anilines is 1. The summed E-state index contributed by atoms with van der Waals surface area (Å²) in [6.07, 6.45) is 3.07. The number of carbonyl (C=O) groups excluding carboxylic acids is 3. The first-order valence-electron chi connectivity index (χ1n) is 10.4. The molecule has 0 spiro atoms. The van der Waals surface area contributed by atoms with Crippen LogP contribution in [0.5, 0.6) is 5.75 Å². The third-order valence-corrected chi connectivity index (χ3v) is 6.36. The van der Waals surface area contributed by atoms with Crippen LogP contribution in [0.4, 0.5) is 5.13 Å². The summed E-state index contributed by atoms with van der Waals surface area (Å²) in [5.41, 5.74) is 1.07. The van der Waals surface area contributed by atoms with Gasteiger partial charge in [-0.2, -0.15) is 0 Å². The maximum Gasteiger partial charge on any atom is 0.350 e. The van der Waals surface area contributed by atoms with Gasteiger partial charge in [0.2, 0.25) is 0 Å². The summed E-state index contributed by atoms with van der Waals surface area (Å²) in [7, 11) is 1.25. The zero-order chi connectivity index (χ0) is 24.4. The third-order valence-electron chi connectivity index (χ3n) is 5.23. The molecule has 0 saturated carbocycles. The number of carbonyl (C=O) groups is 3. The third kappa shape index (κ3) is 4.03. The van der Waals surface area contributed by atoms with Gasteiger partial charge in [-0.25, -0.2) is 9.78 Å². The second kappa shape index (κ2) is 9.44. The van der Waals surface area contributed by atoms with Gasteiger partial charge in [-0.3, -0.25) is 19.5 Å². The lowest BCUT2D eigenvalue weighted by atomic mass is 9.96. The van der Waals surface area contributed by atoms with Crippen molar-refractivity contribution in [1.29, 1.82) is 0 Å². The summed E-state index contributed by atoms with van der Waals surface area (Å²) >= 11 is 0.935. The van der Waals surface area contributed by atoms with E-state index < -0.39 is 23.7 Å². The molecule has 1 saturated heterocycles. The molecule has 174 valence electrons. The molecule has 10 heteroatoms. The molecule has 1 atom stereocenters. The van der Waals surface area contributed by atoms with Gasteiger partial charge in [-0.05, 0) is 37.6 Å². The first-order valence-corrected chi connectivity index (χ1v) is 11.2. The number of aliphatic hydroxyl groups excluding tert-OH is 1. The number of ketones is 1. The average molecular weight is 480 g/mol. The van der Waals surface area contributed by atoms with E-state index in [-0.39, 0.29) is 21.3 Å². The van der Waals surface area contributed by atoms with Gasteiger partial charge in [-0.15, -0.1) is 0 Å². The predicted octanol–water partition coefficient (Wildman–Crippen LogP) is 3.66. The van der Waals surface area contributed by atoms with Gasteiger partial charge in [0, 0.05) is 18.0 Å². The first-order chi connectivity index (χ1) is 16.4. The summed E-state index contributed by atoms with van der Waals surface area (Å²) in [4.78, 5) is 48.4. The lowest BCUT2D eigenvalue weighted by molar-refractivity contribution is -0.132. The summed E-state index contributed by atoms with van der Waals surface area (Å²) in [6.45, 7) is 3.87. The maximum atomic E-state index is 13.2. The average Bonchev–Trinajstić information content (AvgIpc) is 3.36. The topological polar surface area (TPSA) is 119 Å². The van der Waals surface area contributed by atoms with Gasteiger partial charge in [0.1, 0.15) is 16.4 Å². The van der Waals surface area contributed by atoms with Crippen LogP contribution in [0.3, 0.4) is 0 Å². The fourth-order valence-electron chi connectivity index (χ4n) is 3.71. The fourth-order valence-corrected chi connectivity index (χ4v) is 4.72. The molecule has 1 aliphatic heterocycles.